The molecule has 6 nitrogen and oxygen atoms in total. The Labute approximate surface area is 164 Å². The van der Waals surface area contributed by atoms with E-state index in [0.717, 1.165) is 0 Å². The highest BCUT2D eigenvalue weighted by Gasteiger charge is 2.31. The molecule has 1 atom stereocenters. The van der Waals surface area contributed by atoms with Crippen LogP contribution < -0.4 is 9.47 Å². The lowest BCUT2D eigenvalue weighted by molar-refractivity contribution is 0.143. The van der Waals surface area contributed by atoms with Gasteiger partial charge in [-0.25, -0.2) is 12.8 Å². The van der Waals surface area contributed by atoms with Gasteiger partial charge in [-0.05, 0) is 25.1 Å². The molecule has 1 saturated heterocycles. The fraction of sp³-hybridized carbons (Fsp3) is 0.400. The molecule has 2 aromatic carbocycles. The largest absolute Gasteiger partial charge is 0.486 e. The molecule has 2 aliphatic rings. The van der Waals surface area contributed by atoms with Gasteiger partial charge in [0.25, 0.3) is 0 Å². The Balaban J connectivity index is 1.46. The van der Waals surface area contributed by atoms with Crippen molar-refractivity contribution < 1.29 is 22.3 Å². The summed E-state index contributed by atoms with van der Waals surface area (Å²) in [5.41, 5.74) is 0.630. The van der Waals surface area contributed by atoms with Crippen molar-refractivity contribution in [2.45, 2.75) is 17.9 Å². The van der Waals surface area contributed by atoms with Crippen molar-refractivity contribution in [1.82, 2.24) is 9.21 Å². The lowest BCUT2D eigenvalue weighted by Crippen LogP contribution is -2.49. The van der Waals surface area contributed by atoms with Crippen molar-refractivity contribution >= 4 is 10.0 Å². The number of nitrogens with zero attached hydrogens (tertiary/aromatic N) is 2. The predicted molar refractivity (Wildman–Crippen MR) is 103 cm³/mol. The first kappa shape index (κ1) is 19.2. The van der Waals surface area contributed by atoms with Crippen LogP contribution in [0.3, 0.4) is 0 Å². The Morgan fingerprint density at radius 1 is 0.964 bits per heavy atom. The first-order valence-corrected chi connectivity index (χ1v) is 10.8. The van der Waals surface area contributed by atoms with E-state index < -0.39 is 10.0 Å². The van der Waals surface area contributed by atoms with Crippen LogP contribution in [0.15, 0.2) is 47.4 Å². The maximum Gasteiger partial charge on any atom is 0.243 e. The molecular formula is C20H23FN2O4S. The molecule has 0 N–H and O–H groups in total. The SMILES string of the molecule is CC(c1ccccc1F)N1CCN(S(=O)(=O)c2ccc3c(c2)OCCO3)CC1. The molecule has 0 radical (unpaired) electrons. The summed E-state index contributed by atoms with van der Waals surface area (Å²) in [5.74, 6) is 0.786. The maximum absolute atomic E-state index is 14.1. The molecule has 0 bridgehead atoms. The van der Waals surface area contributed by atoms with Gasteiger partial charge in [0.15, 0.2) is 11.5 Å². The number of ether oxygens (including phenoxy) is 2. The van der Waals surface area contributed by atoms with Crippen molar-refractivity contribution in [2.75, 3.05) is 39.4 Å². The van der Waals surface area contributed by atoms with Gasteiger partial charge in [0, 0.05) is 43.9 Å². The molecule has 2 aliphatic heterocycles. The van der Waals surface area contributed by atoms with Gasteiger partial charge >= 0.3 is 0 Å². The third-order valence-electron chi connectivity index (χ3n) is 5.33. The molecule has 2 aromatic rings. The van der Waals surface area contributed by atoms with Crippen molar-refractivity contribution in [2.24, 2.45) is 0 Å². The summed E-state index contributed by atoms with van der Waals surface area (Å²) in [6, 6.07) is 11.3. The van der Waals surface area contributed by atoms with Crippen LogP contribution in [0.2, 0.25) is 0 Å². The van der Waals surface area contributed by atoms with E-state index >= 15 is 0 Å². The number of piperazine rings is 1. The Kier molecular flexibility index (Phi) is 5.27. The minimum atomic E-state index is -3.62. The number of benzene rings is 2. The fourth-order valence-corrected chi connectivity index (χ4v) is 5.11. The van der Waals surface area contributed by atoms with Crippen molar-refractivity contribution in [3.05, 3.63) is 53.8 Å². The summed E-state index contributed by atoms with van der Waals surface area (Å²) in [4.78, 5) is 2.31. The van der Waals surface area contributed by atoms with Crippen LogP contribution in [0.25, 0.3) is 0 Å². The van der Waals surface area contributed by atoms with Crippen LogP contribution in [0.5, 0.6) is 11.5 Å². The van der Waals surface area contributed by atoms with Crippen molar-refractivity contribution in [3.63, 3.8) is 0 Å². The monoisotopic (exact) mass is 406 g/mol. The normalized spacial score (nSPS) is 19.4. The highest BCUT2D eigenvalue weighted by atomic mass is 32.2. The molecule has 0 aliphatic carbocycles. The molecule has 8 heteroatoms. The second kappa shape index (κ2) is 7.69. The van der Waals surface area contributed by atoms with E-state index in [-0.39, 0.29) is 16.8 Å². The van der Waals surface area contributed by atoms with E-state index in [9.17, 15) is 12.8 Å². The number of hydrogen-bond acceptors (Lipinski definition) is 5. The van der Waals surface area contributed by atoms with E-state index in [0.29, 0.717) is 56.5 Å². The van der Waals surface area contributed by atoms with Gasteiger partial charge in [-0.2, -0.15) is 4.31 Å². The quantitative estimate of drug-likeness (QED) is 0.781. The topological polar surface area (TPSA) is 59.1 Å². The second-order valence-electron chi connectivity index (χ2n) is 6.94. The summed E-state index contributed by atoms with van der Waals surface area (Å²) in [5, 5.41) is 0. The average molecular weight is 406 g/mol. The molecule has 1 unspecified atom stereocenters. The molecule has 0 aromatic heterocycles. The van der Waals surface area contributed by atoms with E-state index in [1.807, 2.05) is 13.0 Å². The third-order valence-corrected chi connectivity index (χ3v) is 7.22. The summed E-state index contributed by atoms with van der Waals surface area (Å²) < 4.78 is 52.6. The smallest absolute Gasteiger partial charge is 0.243 e. The van der Waals surface area contributed by atoms with E-state index in [4.69, 9.17) is 9.47 Å². The van der Waals surface area contributed by atoms with Gasteiger partial charge in [0.2, 0.25) is 10.0 Å². The van der Waals surface area contributed by atoms with Gasteiger partial charge in [-0.1, -0.05) is 18.2 Å². The first-order valence-electron chi connectivity index (χ1n) is 9.35. The van der Waals surface area contributed by atoms with E-state index in [2.05, 4.69) is 4.90 Å². The first-order chi connectivity index (χ1) is 13.5. The minimum Gasteiger partial charge on any atom is -0.486 e. The fourth-order valence-electron chi connectivity index (χ4n) is 3.68. The van der Waals surface area contributed by atoms with Gasteiger partial charge < -0.3 is 9.47 Å². The van der Waals surface area contributed by atoms with Gasteiger partial charge in [-0.15, -0.1) is 0 Å². The number of sulfonamides is 1. The standard InChI is InChI=1S/C20H23FN2O4S/c1-15(17-4-2-3-5-18(17)21)22-8-10-23(11-9-22)28(24,25)16-6-7-19-20(14-16)27-13-12-26-19/h2-7,14-15H,8-13H2,1H3. The lowest BCUT2D eigenvalue weighted by atomic mass is 10.1. The highest BCUT2D eigenvalue weighted by molar-refractivity contribution is 7.89. The number of fused-ring (bicyclic) bond motifs is 1. The predicted octanol–water partition coefficient (Wildman–Crippen LogP) is 2.66. The third kappa shape index (κ3) is 3.59. The Bertz CT molecular complexity index is 958. The molecule has 4 rings (SSSR count). The van der Waals surface area contributed by atoms with Crippen LogP contribution in [0, 0.1) is 5.82 Å². The van der Waals surface area contributed by atoms with Crippen molar-refractivity contribution in [3.8, 4) is 11.5 Å². The van der Waals surface area contributed by atoms with Gasteiger partial charge in [0.05, 0.1) is 4.90 Å². The molecule has 28 heavy (non-hydrogen) atoms. The molecule has 0 saturated carbocycles. The molecular weight excluding hydrogens is 383 g/mol. The number of rotatable bonds is 4. The molecule has 0 amide bonds. The van der Waals surface area contributed by atoms with E-state index in [1.165, 1.54) is 16.4 Å². The highest BCUT2D eigenvalue weighted by Crippen LogP contribution is 2.33. The molecule has 2 heterocycles. The Hall–Kier alpha value is -2.16. The second-order valence-corrected chi connectivity index (χ2v) is 8.88. The van der Waals surface area contributed by atoms with Crippen LogP contribution in [-0.4, -0.2) is 57.0 Å². The molecule has 1 fully saturated rings. The molecule has 0 spiro atoms. The van der Waals surface area contributed by atoms with Crippen LogP contribution in [-0.2, 0) is 10.0 Å². The van der Waals surface area contributed by atoms with Crippen molar-refractivity contribution in [1.29, 1.82) is 0 Å². The lowest BCUT2D eigenvalue weighted by Gasteiger charge is -2.37. The Morgan fingerprint density at radius 2 is 1.64 bits per heavy atom. The van der Waals surface area contributed by atoms with Crippen LogP contribution in [0.4, 0.5) is 4.39 Å². The minimum absolute atomic E-state index is 0.111. The zero-order valence-corrected chi connectivity index (χ0v) is 16.5. The number of halogens is 1. The molecule has 150 valence electrons. The van der Waals surface area contributed by atoms with Crippen LogP contribution in [0.1, 0.15) is 18.5 Å². The van der Waals surface area contributed by atoms with Crippen LogP contribution >= 0.6 is 0 Å². The summed E-state index contributed by atoms with van der Waals surface area (Å²) in [7, 11) is -3.62. The van der Waals surface area contributed by atoms with E-state index in [1.54, 1.807) is 24.3 Å². The summed E-state index contributed by atoms with van der Waals surface area (Å²) in [6.45, 7) is 4.61. The van der Waals surface area contributed by atoms with Gasteiger partial charge in [0.1, 0.15) is 19.0 Å². The zero-order valence-electron chi connectivity index (χ0n) is 15.7. The Morgan fingerprint density at radius 3 is 2.36 bits per heavy atom. The van der Waals surface area contributed by atoms with Gasteiger partial charge in [-0.3, -0.25) is 4.90 Å². The zero-order chi connectivity index (χ0) is 19.7. The average Bonchev–Trinajstić information content (AvgIpc) is 2.73. The number of hydrogen-bond donors (Lipinski definition) is 0. The summed E-state index contributed by atoms with van der Waals surface area (Å²) >= 11 is 0. The summed E-state index contributed by atoms with van der Waals surface area (Å²) in [6.07, 6.45) is 0. The maximum atomic E-state index is 14.1.